The molecular weight excluding hydrogens is 124 g/mol. The normalized spacial score (nSPS) is 20.2. The minimum atomic E-state index is 0.850. The van der Waals surface area contributed by atoms with Crippen LogP contribution < -0.4 is 11.5 Å². The molecule has 2 heteroatoms. The van der Waals surface area contributed by atoms with Crippen LogP contribution in [0.3, 0.4) is 0 Å². The fourth-order valence-corrected chi connectivity index (χ4v) is 1.10. The second-order valence-corrected chi connectivity index (χ2v) is 2.96. The second kappa shape index (κ2) is 2.37. The topological polar surface area (TPSA) is 52.0 Å². The third kappa shape index (κ3) is 1.15. The van der Waals surface area contributed by atoms with Gasteiger partial charge >= 0.3 is 0 Å². The van der Waals surface area contributed by atoms with E-state index in [9.17, 15) is 0 Å². The molecule has 10 heavy (non-hydrogen) atoms. The van der Waals surface area contributed by atoms with Crippen molar-refractivity contribution >= 4 is 0 Å². The molecule has 2 nitrogen and oxygen atoms in total. The zero-order valence-electron chi connectivity index (χ0n) is 6.57. The summed E-state index contributed by atoms with van der Waals surface area (Å²) >= 11 is 0. The lowest BCUT2D eigenvalue weighted by atomic mass is 9.95. The van der Waals surface area contributed by atoms with Crippen LogP contribution in [0.2, 0.25) is 0 Å². The highest BCUT2D eigenvalue weighted by atomic mass is 14.7. The first-order chi connectivity index (χ1) is 4.61. The molecule has 0 aromatic rings. The van der Waals surface area contributed by atoms with Crippen LogP contribution in [0.5, 0.6) is 0 Å². The first kappa shape index (κ1) is 7.19. The molecule has 0 saturated heterocycles. The van der Waals surface area contributed by atoms with Gasteiger partial charge in [0, 0.05) is 24.2 Å². The fraction of sp³-hybridized carbons (Fsp3) is 0.500. The Morgan fingerprint density at radius 2 is 1.20 bits per heavy atom. The summed E-state index contributed by atoms with van der Waals surface area (Å²) < 4.78 is 0. The SMILES string of the molecule is CC1=C(C)CC(N)=C(N)C1. The van der Waals surface area contributed by atoms with E-state index in [2.05, 4.69) is 13.8 Å². The average Bonchev–Trinajstić information content (AvgIpc) is 1.84. The van der Waals surface area contributed by atoms with E-state index >= 15 is 0 Å². The summed E-state index contributed by atoms with van der Waals surface area (Å²) in [6, 6.07) is 0. The third-order valence-corrected chi connectivity index (χ3v) is 2.05. The molecule has 0 heterocycles. The minimum Gasteiger partial charge on any atom is -0.400 e. The molecule has 0 bridgehead atoms. The zero-order valence-corrected chi connectivity index (χ0v) is 6.57. The largest absolute Gasteiger partial charge is 0.400 e. The molecule has 0 amide bonds. The molecule has 0 spiro atoms. The number of hydrogen-bond donors (Lipinski definition) is 2. The van der Waals surface area contributed by atoms with Crippen LogP contribution in [-0.4, -0.2) is 0 Å². The zero-order chi connectivity index (χ0) is 7.72. The Kier molecular flexibility index (Phi) is 1.70. The van der Waals surface area contributed by atoms with E-state index < -0.39 is 0 Å². The Balaban J connectivity index is 2.81. The summed E-state index contributed by atoms with van der Waals surface area (Å²) in [5.41, 5.74) is 15.7. The summed E-state index contributed by atoms with van der Waals surface area (Å²) in [6.07, 6.45) is 1.72. The molecule has 56 valence electrons. The monoisotopic (exact) mass is 138 g/mol. The number of allylic oxidation sites excluding steroid dienone is 2. The van der Waals surface area contributed by atoms with E-state index in [1.165, 1.54) is 11.1 Å². The van der Waals surface area contributed by atoms with Gasteiger partial charge in [-0.05, 0) is 13.8 Å². The van der Waals surface area contributed by atoms with Gasteiger partial charge in [0.05, 0.1) is 0 Å². The lowest BCUT2D eigenvalue weighted by Gasteiger charge is -2.16. The molecule has 0 aromatic heterocycles. The Morgan fingerprint density at radius 3 is 1.50 bits per heavy atom. The van der Waals surface area contributed by atoms with Gasteiger partial charge < -0.3 is 11.5 Å². The van der Waals surface area contributed by atoms with Crippen LogP contribution in [-0.2, 0) is 0 Å². The van der Waals surface area contributed by atoms with Crippen LogP contribution in [0.15, 0.2) is 22.5 Å². The maximum absolute atomic E-state index is 5.65. The van der Waals surface area contributed by atoms with Crippen molar-refractivity contribution in [2.45, 2.75) is 26.7 Å². The van der Waals surface area contributed by atoms with Gasteiger partial charge in [0.15, 0.2) is 0 Å². The molecule has 1 aliphatic carbocycles. The fourth-order valence-electron chi connectivity index (χ4n) is 1.10. The molecule has 0 fully saturated rings. The molecule has 0 saturated carbocycles. The van der Waals surface area contributed by atoms with Gasteiger partial charge in [0.1, 0.15) is 0 Å². The van der Waals surface area contributed by atoms with Crippen molar-refractivity contribution in [2.24, 2.45) is 11.5 Å². The minimum absolute atomic E-state index is 0.850. The van der Waals surface area contributed by atoms with Gasteiger partial charge in [-0.3, -0.25) is 0 Å². The van der Waals surface area contributed by atoms with Crippen LogP contribution >= 0.6 is 0 Å². The maximum atomic E-state index is 5.65. The molecule has 4 N–H and O–H groups in total. The maximum Gasteiger partial charge on any atom is 0.0315 e. The Bertz CT molecular complexity index is 167. The van der Waals surface area contributed by atoms with E-state index in [4.69, 9.17) is 11.5 Å². The molecule has 0 aromatic carbocycles. The Labute approximate surface area is 61.6 Å². The van der Waals surface area contributed by atoms with Crippen LogP contribution in [0, 0.1) is 0 Å². The second-order valence-electron chi connectivity index (χ2n) is 2.96. The number of rotatable bonds is 0. The van der Waals surface area contributed by atoms with E-state index in [0.717, 1.165) is 24.2 Å². The van der Waals surface area contributed by atoms with Crippen molar-refractivity contribution in [1.29, 1.82) is 0 Å². The van der Waals surface area contributed by atoms with Gasteiger partial charge in [0.2, 0.25) is 0 Å². The highest BCUT2D eigenvalue weighted by Gasteiger charge is 2.09. The van der Waals surface area contributed by atoms with E-state index in [1.807, 2.05) is 0 Å². The Hall–Kier alpha value is -0.920. The summed E-state index contributed by atoms with van der Waals surface area (Å²) in [5, 5.41) is 0. The van der Waals surface area contributed by atoms with Crippen molar-refractivity contribution in [1.82, 2.24) is 0 Å². The predicted molar refractivity (Wildman–Crippen MR) is 43.0 cm³/mol. The highest BCUT2D eigenvalue weighted by Crippen LogP contribution is 2.23. The van der Waals surface area contributed by atoms with Gasteiger partial charge in [-0.15, -0.1) is 0 Å². The Morgan fingerprint density at radius 1 is 0.900 bits per heavy atom. The molecular formula is C8H14N2. The molecule has 0 atom stereocenters. The number of nitrogens with two attached hydrogens (primary N) is 2. The quantitative estimate of drug-likeness (QED) is 0.495. The van der Waals surface area contributed by atoms with E-state index in [-0.39, 0.29) is 0 Å². The van der Waals surface area contributed by atoms with Gasteiger partial charge in [-0.1, -0.05) is 11.1 Å². The van der Waals surface area contributed by atoms with Crippen molar-refractivity contribution in [3.05, 3.63) is 22.5 Å². The first-order valence-electron chi connectivity index (χ1n) is 3.49. The standard InChI is InChI=1S/C8H14N2/c1-5-3-7(9)8(10)4-6(5)2/h3-4,9-10H2,1-2H3. The summed E-state index contributed by atoms with van der Waals surface area (Å²) in [4.78, 5) is 0. The van der Waals surface area contributed by atoms with Crippen LogP contribution in [0.1, 0.15) is 26.7 Å². The number of hydrogen-bond acceptors (Lipinski definition) is 2. The summed E-state index contributed by atoms with van der Waals surface area (Å²) in [6.45, 7) is 4.21. The third-order valence-electron chi connectivity index (χ3n) is 2.05. The highest BCUT2D eigenvalue weighted by molar-refractivity contribution is 5.29. The van der Waals surface area contributed by atoms with Crippen LogP contribution in [0.4, 0.5) is 0 Å². The molecule has 0 radical (unpaired) electrons. The lowest BCUT2D eigenvalue weighted by Crippen LogP contribution is -2.14. The van der Waals surface area contributed by atoms with Gasteiger partial charge in [0.25, 0.3) is 0 Å². The molecule has 1 aliphatic rings. The molecule has 0 unspecified atom stereocenters. The lowest BCUT2D eigenvalue weighted by molar-refractivity contribution is 0.891. The van der Waals surface area contributed by atoms with Crippen LogP contribution in [0.25, 0.3) is 0 Å². The molecule has 0 aliphatic heterocycles. The van der Waals surface area contributed by atoms with E-state index in [0.29, 0.717) is 0 Å². The average molecular weight is 138 g/mol. The van der Waals surface area contributed by atoms with Gasteiger partial charge in [-0.25, -0.2) is 0 Å². The van der Waals surface area contributed by atoms with Crippen molar-refractivity contribution in [3.8, 4) is 0 Å². The first-order valence-corrected chi connectivity index (χ1v) is 3.49. The van der Waals surface area contributed by atoms with Crippen molar-refractivity contribution < 1.29 is 0 Å². The van der Waals surface area contributed by atoms with E-state index in [1.54, 1.807) is 0 Å². The van der Waals surface area contributed by atoms with Crippen molar-refractivity contribution in [3.63, 3.8) is 0 Å². The summed E-state index contributed by atoms with van der Waals surface area (Å²) in [7, 11) is 0. The summed E-state index contributed by atoms with van der Waals surface area (Å²) in [5.74, 6) is 0. The predicted octanol–water partition coefficient (Wildman–Crippen LogP) is 1.25. The molecule has 1 rings (SSSR count). The van der Waals surface area contributed by atoms with Crippen molar-refractivity contribution in [2.75, 3.05) is 0 Å². The van der Waals surface area contributed by atoms with Gasteiger partial charge in [-0.2, -0.15) is 0 Å². The smallest absolute Gasteiger partial charge is 0.0315 e.